The van der Waals surface area contributed by atoms with E-state index in [-0.39, 0.29) is 0 Å². The van der Waals surface area contributed by atoms with Crippen molar-refractivity contribution in [1.82, 2.24) is 5.32 Å². The van der Waals surface area contributed by atoms with E-state index in [9.17, 15) is 9.59 Å². The minimum Gasteiger partial charge on any atom is -0.480 e. The first-order chi connectivity index (χ1) is 9.45. The van der Waals surface area contributed by atoms with Gasteiger partial charge in [-0.25, -0.2) is 9.59 Å². The molecule has 5 nitrogen and oxygen atoms in total. The van der Waals surface area contributed by atoms with Gasteiger partial charge in [-0.2, -0.15) is 0 Å². The number of carbonyl (C=O) groups excluding carboxylic acids is 1. The zero-order valence-electron chi connectivity index (χ0n) is 12.2. The van der Waals surface area contributed by atoms with Crippen LogP contribution in [0.1, 0.15) is 31.7 Å². The number of benzene rings is 1. The van der Waals surface area contributed by atoms with Crippen molar-refractivity contribution >= 4 is 17.7 Å². The number of urea groups is 1. The molecule has 0 aliphatic rings. The van der Waals surface area contributed by atoms with Gasteiger partial charge < -0.3 is 10.4 Å². The van der Waals surface area contributed by atoms with Crippen LogP contribution in [-0.4, -0.2) is 30.2 Å². The van der Waals surface area contributed by atoms with Crippen molar-refractivity contribution in [2.75, 3.05) is 11.9 Å². The number of carbonyl (C=O) groups is 2. The standard InChI is InChI=1S/C15H22N2O3/c1-4-5-9-13(14(18)19)16-15(20)17(3)12-8-6-7-11(2)10-12/h6-8,10,13H,4-5,9H2,1-3H3,(H,16,20)(H,18,19)/t13-/m0/s1. The molecule has 1 aromatic carbocycles. The average molecular weight is 278 g/mol. The summed E-state index contributed by atoms with van der Waals surface area (Å²) in [4.78, 5) is 24.6. The van der Waals surface area contributed by atoms with E-state index in [2.05, 4.69) is 5.32 Å². The lowest BCUT2D eigenvalue weighted by Crippen LogP contribution is -2.46. The van der Waals surface area contributed by atoms with Gasteiger partial charge in [-0.15, -0.1) is 0 Å². The zero-order valence-corrected chi connectivity index (χ0v) is 12.2. The second-order valence-corrected chi connectivity index (χ2v) is 4.88. The second kappa shape index (κ2) is 7.53. The van der Waals surface area contributed by atoms with Gasteiger partial charge in [0.1, 0.15) is 6.04 Å². The van der Waals surface area contributed by atoms with E-state index in [0.29, 0.717) is 6.42 Å². The molecular weight excluding hydrogens is 256 g/mol. The molecule has 2 amide bonds. The van der Waals surface area contributed by atoms with Crippen LogP contribution in [0.15, 0.2) is 24.3 Å². The maximum Gasteiger partial charge on any atom is 0.326 e. The van der Waals surface area contributed by atoms with Crippen LogP contribution in [0.5, 0.6) is 0 Å². The highest BCUT2D eigenvalue weighted by Gasteiger charge is 2.21. The number of carboxylic acids is 1. The summed E-state index contributed by atoms with van der Waals surface area (Å²) >= 11 is 0. The summed E-state index contributed by atoms with van der Waals surface area (Å²) < 4.78 is 0. The predicted octanol–water partition coefficient (Wildman–Crippen LogP) is 2.78. The predicted molar refractivity (Wildman–Crippen MR) is 79.1 cm³/mol. The number of aliphatic carboxylic acids is 1. The van der Waals surface area contributed by atoms with Gasteiger partial charge in [0.25, 0.3) is 0 Å². The number of rotatable bonds is 6. The summed E-state index contributed by atoms with van der Waals surface area (Å²) in [6.45, 7) is 3.93. The molecule has 0 aromatic heterocycles. The van der Waals surface area contributed by atoms with Crippen molar-refractivity contribution in [3.63, 3.8) is 0 Å². The largest absolute Gasteiger partial charge is 0.480 e. The quantitative estimate of drug-likeness (QED) is 0.840. The molecule has 0 heterocycles. The van der Waals surface area contributed by atoms with Gasteiger partial charge >= 0.3 is 12.0 Å². The van der Waals surface area contributed by atoms with Gasteiger partial charge in [-0.1, -0.05) is 31.9 Å². The minimum absolute atomic E-state index is 0.404. The van der Waals surface area contributed by atoms with Gasteiger partial charge in [-0.05, 0) is 31.0 Å². The number of unbranched alkanes of at least 4 members (excludes halogenated alkanes) is 1. The summed E-state index contributed by atoms with van der Waals surface area (Å²) in [5.74, 6) is -0.996. The fourth-order valence-corrected chi connectivity index (χ4v) is 1.87. The molecule has 0 saturated heterocycles. The molecule has 0 unspecified atom stereocenters. The van der Waals surface area contributed by atoms with E-state index < -0.39 is 18.0 Å². The minimum atomic E-state index is -0.996. The third-order valence-electron chi connectivity index (χ3n) is 3.14. The van der Waals surface area contributed by atoms with Crippen LogP contribution in [0.25, 0.3) is 0 Å². The summed E-state index contributed by atoms with van der Waals surface area (Å²) in [6.07, 6.45) is 2.11. The van der Waals surface area contributed by atoms with E-state index in [1.54, 1.807) is 7.05 Å². The third kappa shape index (κ3) is 4.57. The highest BCUT2D eigenvalue weighted by Crippen LogP contribution is 2.14. The SMILES string of the molecule is CCCC[C@H](NC(=O)N(C)c1cccc(C)c1)C(=O)O. The van der Waals surface area contributed by atoms with E-state index in [4.69, 9.17) is 5.11 Å². The Hall–Kier alpha value is -2.04. The number of amides is 2. The topological polar surface area (TPSA) is 69.6 Å². The molecule has 0 radical (unpaired) electrons. The van der Waals surface area contributed by atoms with Crippen molar-refractivity contribution in [2.45, 2.75) is 39.2 Å². The Kier molecular flexibility index (Phi) is 6.03. The molecule has 0 aliphatic carbocycles. The van der Waals surface area contributed by atoms with Gasteiger partial charge in [0.2, 0.25) is 0 Å². The Morgan fingerprint density at radius 1 is 1.40 bits per heavy atom. The summed E-state index contributed by atoms with van der Waals surface area (Å²) in [5, 5.41) is 11.7. The van der Waals surface area contributed by atoms with Crippen LogP contribution in [0.3, 0.4) is 0 Å². The number of hydrogen-bond acceptors (Lipinski definition) is 2. The molecular formula is C15H22N2O3. The Bertz CT molecular complexity index is 474. The number of carboxylic acid groups (broad SMARTS) is 1. The van der Waals surface area contributed by atoms with Crippen molar-refractivity contribution in [3.8, 4) is 0 Å². The van der Waals surface area contributed by atoms with Crippen molar-refractivity contribution in [3.05, 3.63) is 29.8 Å². The fourth-order valence-electron chi connectivity index (χ4n) is 1.87. The van der Waals surface area contributed by atoms with Crippen molar-refractivity contribution < 1.29 is 14.7 Å². The first-order valence-electron chi connectivity index (χ1n) is 6.79. The van der Waals surface area contributed by atoms with Gasteiger partial charge in [0, 0.05) is 12.7 Å². The Morgan fingerprint density at radius 2 is 2.10 bits per heavy atom. The molecule has 1 aromatic rings. The maximum atomic E-state index is 12.1. The van der Waals surface area contributed by atoms with Crippen LogP contribution < -0.4 is 10.2 Å². The van der Waals surface area contributed by atoms with Crippen LogP contribution in [0, 0.1) is 6.92 Å². The summed E-state index contributed by atoms with van der Waals surface area (Å²) in [6, 6.07) is 6.25. The Labute approximate surface area is 119 Å². The smallest absolute Gasteiger partial charge is 0.326 e. The second-order valence-electron chi connectivity index (χ2n) is 4.88. The molecule has 0 saturated carbocycles. The van der Waals surface area contributed by atoms with Gasteiger partial charge in [0.15, 0.2) is 0 Å². The molecule has 0 aliphatic heterocycles. The molecule has 0 fully saturated rings. The normalized spacial score (nSPS) is 11.8. The lowest BCUT2D eigenvalue weighted by atomic mass is 10.1. The number of anilines is 1. The van der Waals surface area contributed by atoms with Gasteiger partial charge in [-0.3, -0.25) is 4.90 Å². The third-order valence-corrected chi connectivity index (χ3v) is 3.14. The molecule has 5 heteroatoms. The highest BCUT2D eigenvalue weighted by atomic mass is 16.4. The Balaban J connectivity index is 2.70. The summed E-state index contributed by atoms with van der Waals surface area (Å²) in [7, 11) is 1.63. The number of nitrogens with zero attached hydrogens (tertiary/aromatic N) is 1. The van der Waals surface area contributed by atoms with E-state index in [1.807, 2.05) is 38.1 Å². The fraction of sp³-hybridized carbons (Fsp3) is 0.467. The zero-order chi connectivity index (χ0) is 15.1. The van der Waals surface area contributed by atoms with Crippen molar-refractivity contribution in [2.24, 2.45) is 0 Å². The van der Waals surface area contributed by atoms with Gasteiger partial charge in [0.05, 0.1) is 0 Å². The molecule has 2 N–H and O–H groups in total. The maximum absolute atomic E-state index is 12.1. The molecule has 110 valence electrons. The van der Waals surface area contributed by atoms with E-state index in [0.717, 1.165) is 24.1 Å². The van der Waals surface area contributed by atoms with Crippen LogP contribution in [-0.2, 0) is 4.79 Å². The number of hydrogen-bond donors (Lipinski definition) is 2. The number of aryl methyl sites for hydroxylation is 1. The lowest BCUT2D eigenvalue weighted by molar-refractivity contribution is -0.139. The van der Waals surface area contributed by atoms with E-state index >= 15 is 0 Å². The van der Waals surface area contributed by atoms with Crippen LogP contribution in [0.4, 0.5) is 10.5 Å². The first-order valence-corrected chi connectivity index (χ1v) is 6.79. The Morgan fingerprint density at radius 3 is 2.65 bits per heavy atom. The van der Waals surface area contributed by atoms with Crippen molar-refractivity contribution in [1.29, 1.82) is 0 Å². The average Bonchev–Trinajstić information content (AvgIpc) is 2.42. The van der Waals surface area contributed by atoms with E-state index in [1.165, 1.54) is 4.90 Å². The van der Waals surface area contributed by atoms with Crippen LogP contribution in [0.2, 0.25) is 0 Å². The number of nitrogens with one attached hydrogen (secondary N) is 1. The van der Waals surface area contributed by atoms with Crippen LogP contribution >= 0.6 is 0 Å². The molecule has 0 spiro atoms. The summed E-state index contributed by atoms with van der Waals surface area (Å²) in [5.41, 5.74) is 1.78. The highest BCUT2D eigenvalue weighted by molar-refractivity contribution is 5.94. The monoisotopic (exact) mass is 278 g/mol. The lowest BCUT2D eigenvalue weighted by Gasteiger charge is -2.21. The first kappa shape index (κ1) is 16.0. The molecule has 20 heavy (non-hydrogen) atoms. The molecule has 0 bridgehead atoms. The molecule has 1 rings (SSSR count). The molecule has 1 atom stereocenters.